The largest absolute Gasteiger partial charge is 0.466 e. The Bertz CT molecular complexity index is 721. The maximum absolute atomic E-state index is 11.9. The highest BCUT2D eigenvalue weighted by molar-refractivity contribution is 5.86. The molecule has 126 valence electrons. The number of nitrogens with one attached hydrogen (secondary N) is 1. The van der Waals surface area contributed by atoms with Gasteiger partial charge in [0, 0.05) is 12.3 Å². The standard InChI is InChI=1S/C13H16N2O8/c1-22-8(17)3-2-6-4-15(13(21)14-11(6)20)12-10(19)9(18)7(5-16)23-12/h2-4,7,9-10,12,16,18-19H,5H2,1H3,(H,14,20,21)/b3-2+. The molecule has 4 N–H and O–H groups in total. The second-order valence-electron chi connectivity index (χ2n) is 4.84. The van der Waals surface area contributed by atoms with Gasteiger partial charge in [-0.3, -0.25) is 14.3 Å². The number of H-pyrrole nitrogens is 1. The molecule has 23 heavy (non-hydrogen) atoms. The summed E-state index contributed by atoms with van der Waals surface area (Å²) < 4.78 is 10.5. The van der Waals surface area contributed by atoms with E-state index in [1.54, 1.807) is 0 Å². The van der Waals surface area contributed by atoms with E-state index in [4.69, 9.17) is 9.84 Å². The molecule has 0 aliphatic carbocycles. The molecule has 1 aliphatic rings. The van der Waals surface area contributed by atoms with Crippen molar-refractivity contribution >= 4 is 12.0 Å². The van der Waals surface area contributed by atoms with Gasteiger partial charge in [0.2, 0.25) is 0 Å². The van der Waals surface area contributed by atoms with Crippen molar-refractivity contribution in [3.8, 4) is 0 Å². The number of esters is 1. The van der Waals surface area contributed by atoms with Gasteiger partial charge in [0.25, 0.3) is 5.56 Å². The highest BCUT2D eigenvalue weighted by Crippen LogP contribution is 2.27. The molecule has 0 radical (unpaired) electrons. The smallest absolute Gasteiger partial charge is 0.330 e. The topological polar surface area (TPSA) is 151 Å². The van der Waals surface area contributed by atoms with E-state index in [0.717, 1.165) is 30.0 Å². The Morgan fingerprint density at radius 2 is 2.13 bits per heavy atom. The van der Waals surface area contributed by atoms with Gasteiger partial charge in [-0.15, -0.1) is 0 Å². The average molecular weight is 328 g/mol. The Labute approximate surface area is 129 Å². The molecule has 4 unspecified atom stereocenters. The summed E-state index contributed by atoms with van der Waals surface area (Å²) in [4.78, 5) is 36.7. The molecule has 1 saturated heterocycles. The number of carbonyl (C=O) groups is 1. The van der Waals surface area contributed by atoms with E-state index in [-0.39, 0.29) is 5.56 Å². The minimum absolute atomic E-state index is 0.0623. The van der Waals surface area contributed by atoms with Crippen LogP contribution in [0.2, 0.25) is 0 Å². The van der Waals surface area contributed by atoms with E-state index in [1.807, 2.05) is 4.98 Å². The molecular weight excluding hydrogens is 312 g/mol. The number of hydrogen-bond acceptors (Lipinski definition) is 8. The SMILES string of the molecule is COC(=O)/C=C/c1cn(C2OC(CO)C(O)C2O)c(=O)[nH]c1=O. The summed E-state index contributed by atoms with van der Waals surface area (Å²) >= 11 is 0. The number of methoxy groups -OCH3 is 1. The van der Waals surface area contributed by atoms with Crippen LogP contribution < -0.4 is 11.2 Å². The number of nitrogens with zero attached hydrogens (tertiary/aromatic N) is 1. The fraction of sp³-hybridized carbons (Fsp3) is 0.462. The van der Waals surface area contributed by atoms with Gasteiger partial charge >= 0.3 is 11.7 Å². The van der Waals surface area contributed by atoms with Crippen molar-refractivity contribution in [2.45, 2.75) is 24.5 Å². The Morgan fingerprint density at radius 1 is 1.43 bits per heavy atom. The molecule has 2 heterocycles. The van der Waals surface area contributed by atoms with Gasteiger partial charge in [-0.1, -0.05) is 0 Å². The van der Waals surface area contributed by atoms with Crippen LogP contribution in [-0.4, -0.2) is 62.9 Å². The van der Waals surface area contributed by atoms with Crippen molar-refractivity contribution < 1.29 is 29.6 Å². The molecule has 1 aromatic rings. The molecule has 0 aromatic carbocycles. The number of aliphatic hydroxyl groups excluding tert-OH is 3. The second-order valence-corrected chi connectivity index (χ2v) is 4.84. The van der Waals surface area contributed by atoms with E-state index in [0.29, 0.717) is 0 Å². The summed E-state index contributed by atoms with van der Waals surface area (Å²) in [5.41, 5.74) is -1.69. The van der Waals surface area contributed by atoms with Crippen LogP contribution in [0.4, 0.5) is 0 Å². The first-order chi connectivity index (χ1) is 10.9. The average Bonchev–Trinajstić information content (AvgIpc) is 2.81. The van der Waals surface area contributed by atoms with E-state index in [1.165, 1.54) is 0 Å². The molecule has 1 aromatic heterocycles. The number of ether oxygens (including phenoxy) is 2. The molecule has 0 bridgehead atoms. The van der Waals surface area contributed by atoms with Crippen LogP contribution in [0.25, 0.3) is 6.08 Å². The lowest BCUT2D eigenvalue weighted by molar-refractivity contribution is -0.134. The Balaban J connectivity index is 2.40. The number of rotatable bonds is 4. The molecule has 10 heteroatoms. The van der Waals surface area contributed by atoms with E-state index in [9.17, 15) is 24.6 Å². The molecule has 1 fully saturated rings. The van der Waals surface area contributed by atoms with Crippen LogP contribution in [0.15, 0.2) is 21.9 Å². The number of aliphatic hydroxyl groups is 3. The quantitative estimate of drug-likeness (QED) is 0.345. The molecule has 0 amide bonds. The van der Waals surface area contributed by atoms with Gasteiger partial charge in [-0.2, -0.15) is 0 Å². The predicted molar refractivity (Wildman–Crippen MR) is 75.4 cm³/mol. The second kappa shape index (κ2) is 6.87. The molecule has 0 saturated carbocycles. The minimum Gasteiger partial charge on any atom is -0.466 e. The third kappa shape index (κ3) is 3.40. The maximum Gasteiger partial charge on any atom is 0.330 e. The van der Waals surface area contributed by atoms with Crippen LogP contribution in [0.5, 0.6) is 0 Å². The molecule has 10 nitrogen and oxygen atoms in total. The Hall–Kier alpha value is -2.27. The summed E-state index contributed by atoms with van der Waals surface area (Å²) in [6.07, 6.45) is -2.05. The fourth-order valence-corrected chi connectivity index (χ4v) is 2.14. The lowest BCUT2D eigenvalue weighted by Gasteiger charge is -2.17. The van der Waals surface area contributed by atoms with Gasteiger partial charge in [0.1, 0.15) is 18.3 Å². The zero-order chi connectivity index (χ0) is 17.1. The number of hydrogen-bond donors (Lipinski definition) is 4. The molecule has 0 spiro atoms. The maximum atomic E-state index is 11.9. The number of aromatic nitrogens is 2. The Kier molecular flexibility index (Phi) is 5.11. The first-order valence-electron chi connectivity index (χ1n) is 6.63. The lowest BCUT2D eigenvalue weighted by Crippen LogP contribution is -2.38. The first-order valence-corrected chi connectivity index (χ1v) is 6.63. The monoisotopic (exact) mass is 328 g/mol. The first kappa shape index (κ1) is 17.1. The molecule has 1 aliphatic heterocycles. The third-order valence-corrected chi connectivity index (χ3v) is 3.39. The van der Waals surface area contributed by atoms with Crippen LogP contribution >= 0.6 is 0 Å². The number of aromatic amines is 1. The van der Waals surface area contributed by atoms with Crippen molar-refractivity contribution in [3.05, 3.63) is 38.7 Å². The van der Waals surface area contributed by atoms with Gasteiger partial charge in [-0.05, 0) is 6.08 Å². The van der Waals surface area contributed by atoms with Crippen molar-refractivity contribution in [2.75, 3.05) is 13.7 Å². The fourth-order valence-electron chi connectivity index (χ4n) is 2.14. The third-order valence-electron chi connectivity index (χ3n) is 3.39. The molecular formula is C13H16N2O8. The van der Waals surface area contributed by atoms with Gasteiger partial charge < -0.3 is 24.8 Å². The lowest BCUT2D eigenvalue weighted by atomic mass is 10.1. The summed E-state index contributed by atoms with van der Waals surface area (Å²) in [6, 6.07) is 0. The van der Waals surface area contributed by atoms with E-state index in [2.05, 4.69) is 4.74 Å². The van der Waals surface area contributed by atoms with E-state index < -0.39 is 48.4 Å². The van der Waals surface area contributed by atoms with Crippen LogP contribution in [0, 0.1) is 0 Å². The van der Waals surface area contributed by atoms with Crippen molar-refractivity contribution in [1.29, 1.82) is 0 Å². The summed E-state index contributed by atoms with van der Waals surface area (Å²) in [5, 5.41) is 28.7. The van der Waals surface area contributed by atoms with Crippen LogP contribution in [0.3, 0.4) is 0 Å². The van der Waals surface area contributed by atoms with Crippen LogP contribution in [-0.2, 0) is 14.3 Å². The summed E-state index contributed by atoms with van der Waals surface area (Å²) in [7, 11) is 1.16. The Morgan fingerprint density at radius 3 is 2.70 bits per heavy atom. The van der Waals surface area contributed by atoms with Crippen molar-refractivity contribution in [1.82, 2.24) is 9.55 Å². The minimum atomic E-state index is -1.48. The normalized spacial score (nSPS) is 27.5. The van der Waals surface area contributed by atoms with Gasteiger partial charge in [0.05, 0.1) is 19.3 Å². The van der Waals surface area contributed by atoms with Crippen molar-refractivity contribution in [2.24, 2.45) is 0 Å². The number of carbonyl (C=O) groups excluding carboxylic acids is 1. The zero-order valence-corrected chi connectivity index (χ0v) is 12.1. The van der Waals surface area contributed by atoms with Gasteiger partial charge in [0.15, 0.2) is 6.23 Å². The summed E-state index contributed by atoms with van der Waals surface area (Å²) in [5.74, 6) is -0.699. The van der Waals surface area contributed by atoms with Gasteiger partial charge in [-0.25, -0.2) is 9.59 Å². The highest BCUT2D eigenvalue weighted by atomic mass is 16.6. The molecule has 4 atom stereocenters. The van der Waals surface area contributed by atoms with E-state index >= 15 is 0 Å². The highest BCUT2D eigenvalue weighted by Gasteiger charge is 2.43. The predicted octanol–water partition coefficient (Wildman–Crippen LogP) is -2.67. The summed E-state index contributed by atoms with van der Waals surface area (Å²) in [6.45, 7) is -0.554. The van der Waals surface area contributed by atoms with Crippen LogP contribution in [0.1, 0.15) is 11.8 Å². The molecule has 2 rings (SSSR count). The van der Waals surface area contributed by atoms with Crippen molar-refractivity contribution in [3.63, 3.8) is 0 Å². The zero-order valence-electron chi connectivity index (χ0n) is 12.1.